The maximum atomic E-state index is 12.0. The molecule has 0 aliphatic rings. The van der Waals surface area contributed by atoms with Gasteiger partial charge in [-0.2, -0.15) is 5.10 Å². The van der Waals surface area contributed by atoms with Crippen LogP contribution in [0.5, 0.6) is 0 Å². The fourth-order valence-corrected chi connectivity index (χ4v) is 2.69. The van der Waals surface area contributed by atoms with Gasteiger partial charge in [-0.05, 0) is 36.4 Å². The van der Waals surface area contributed by atoms with Gasteiger partial charge in [-0.1, -0.05) is 29.3 Å². The standard InChI is InChI=1S/C18H11Cl2N3O4/c19-12-3-1-2-11(8-12)18(24)22-21-10-14-5-7-17(27-14)15-6-4-13(23(25)26)9-16(15)20/h1-10H,(H,22,24)/b21-10-. The molecule has 3 aromatic rings. The van der Waals surface area contributed by atoms with Crippen LogP contribution in [0.1, 0.15) is 16.1 Å². The number of benzene rings is 2. The predicted molar refractivity (Wildman–Crippen MR) is 102 cm³/mol. The highest BCUT2D eigenvalue weighted by atomic mass is 35.5. The molecule has 0 saturated heterocycles. The lowest BCUT2D eigenvalue weighted by molar-refractivity contribution is -0.384. The predicted octanol–water partition coefficient (Wildman–Crippen LogP) is 4.93. The third-order valence-corrected chi connectivity index (χ3v) is 4.05. The first-order valence-corrected chi connectivity index (χ1v) is 8.33. The highest BCUT2D eigenvalue weighted by Crippen LogP contribution is 2.32. The third-order valence-electron chi connectivity index (χ3n) is 3.50. The molecular formula is C18H11Cl2N3O4. The second-order valence-corrected chi connectivity index (χ2v) is 6.18. The number of non-ortho nitro benzene ring substituents is 1. The van der Waals surface area contributed by atoms with Crippen molar-refractivity contribution in [2.75, 3.05) is 0 Å². The average molecular weight is 404 g/mol. The molecule has 1 amide bonds. The first-order valence-electron chi connectivity index (χ1n) is 7.57. The van der Waals surface area contributed by atoms with Crippen LogP contribution in [-0.4, -0.2) is 17.0 Å². The molecule has 136 valence electrons. The van der Waals surface area contributed by atoms with Crippen molar-refractivity contribution in [1.29, 1.82) is 0 Å². The lowest BCUT2D eigenvalue weighted by Gasteiger charge is -2.00. The minimum absolute atomic E-state index is 0.110. The zero-order valence-electron chi connectivity index (χ0n) is 13.6. The van der Waals surface area contributed by atoms with Crippen LogP contribution >= 0.6 is 23.2 Å². The summed E-state index contributed by atoms with van der Waals surface area (Å²) < 4.78 is 5.58. The van der Waals surface area contributed by atoms with Crippen LogP contribution < -0.4 is 5.43 Å². The quantitative estimate of drug-likeness (QED) is 0.371. The van der Waals surface area contributed by atoms with Gasteiger partial charge in [-0.3, -0.25) is 14.9 Å². The number of nitro benzene ring substituents is 1. The Kier molecular flexibility index (Phi) is 5.54. The zero-order chi connectivity index (χ0) is 19.4. The van der Waals surface area contributed by atoms with E-state index in [0.29, 0.717) is 27.7 Å². The van der Waals surface area contributed by atoms with Crippen molar-refractivity contribution < 1.29 is 14.1 Å². The molecule has 1 heterocycles. The first kappa shape index (κ1) is 18.6. The van der Waals surface area contributed by atoms with Crippen molar-refractivity contribution in [3.63, 3.8) is 0 Å². The molecule has 0 bridgehead atoms. The Labute approximate surface area is 163 Å². The van der Waals surface area contributed by atoms with Crippen LogP contribution in [0.25, 0.3) is 11.3 Å². The van der Waals surface area contributed by atoms with E-state index >= 15 is 0 Å². The highest BCUT2D eigenvalue weighted by Gasteiger charge is 2.13. The van der Waals surface area contributed by atoms with Crippen LogP contribution in [-0.2, 0) is 0 Å². The number of carbonyl (C=O) groups excluding carboxylic acids is 1. The smallest absolute Gasteiger partial charge is 0.271 e. The summed E-state index contributed by atoms with van der Waals surface area (Å²) in [6.45, 7) is 0. The van der Waals surface area contributed by atoms with E-state index in [1.54, 1.807) is 30.3 Å². The van der Waals surface area contributed by atoms with Gasteiger partial charge in [-0.15, -0.1) is 0 Å². The second kappa shape index (κ2) is 8.03. The molecule has 0 radical (unpaired) electrons. The van der Waals surface area contributed by atoms with E-state index in [9.17, 15) is 14.9 Å². The summed E-state index contributed by atoms with van der Waals surface area (Å²) in [4.78, 5) is 22.2. The number of hydrogen-bond acceptors (Lipinski definition) is 5. The summed E-state index contributed by atoms with van der Waals surface area (Å²) in [7, 11) is 0. The summed E-state index contributed by atoms with van der Waals surface area (Å²) in [5.74, 6) is 0.363. The van der Waals surface area contributed by atoms with Gasteiger partial charge in [0.05, 0.1) is 16.2 Å². The van der Waals surface area contributed by atoms with Crippen LogP contribution in [0.4, 0.5) is 5.69 Å². The van der Waals surface area contributed by atoms with E-state index in [-0.39, 0.29) is 10.7 Å². The normalized spacial score (nSPS) is 10.9. The molecule has 1 aromatic heterocycles. The second-order valence-electron chi connectivity index (χ2n) is 5.33. The lowest BCUT2D eigenvalue weighted by atomic mass is 10.1. The number of rotatable bonds is 5. The number of furan rings is 1. The van der Waals surface area contributed by atoms with Gasteiger partial charge in [0.2, 0.25) is 0 Å². The molecule has 0 fully saturated rings. The summed E-state index contributed by atoms with van der Waals surface area (Å²) in [6.07, 6.45) is 1.32. The van der Waals surface area contributed by atoms with Crippen LogP contribution in [0.3, 0.4) is 0 Å². The minimum atomic E-state index is -0.529. The Hall–Kier alpha value is -3.16. The molecule has 27 heavy (non-hydrogen) atoms. The number of hydrogen-bond donors (Lipinski definition) is 1. The summed E-state index contributed by atoms with van der Waals surface area (Å²) in [5.41, 5.74) is 3.13. The van der Waals surface area contributed by atoms with Crippen molar-refractivity contribution in [3.05, 3.63) is 86.1 Å². The Bertz CT molecular complexity index is 1050. The number of carbonyl (C=O) groups is 1. The molecule has 1 N–H and O–H groups in total. The summed E-state index contributed by atoms with van der Waals surface area (Å²) >= 11 is 11.9. The fourth-order valence-electron chi connectivity index (χ4n) is 2.23. The van der Waals surface area contributed by atoms with E-state index in [2.05, 4.69) is 10.5 Å². The number of nitrogens with one attached hydrogen (secondary N) is 1. The maximum absolute atomic E-state index is 12.0. The first-order chi connectivity index (χ1) is 12.9. The van der Waals surface area contributed by atoms with Crippen molar-refractivity contribution in [3.8, 4) is 11.3 Å². The molecular weight excluding hydrogens is 393 g/mol. The Morgan fingerprint density at radius 2 is 1.96 bits per heavy atom. The molecule has 9 heteroatoms. The van der Waals surface area contributed by atoms with Crippen LogP contribution in [0.2, 0.25) is 10.0 Å². The largest absolute Gasteiger partial charge is 0.455 e. The average Bonchev–Trinajstić information content (AvgIpc) is 3.10. The van der Waals surface area contributed by atoms with E-state index < -0.39 is 10.8 Å². The van der Waals surface area contributed by atoms with Crippen molar-refractivity contribution in [2.24, 2.45) is 5.10 Å². The van der Waals surface area contributed by atoms with Crippen molar-refractivity contribution in [1.82, 2.24) is 5.43 Å². The molecule has 2 aromatic carbocycles. The molecule has 3 rings (SSSR count). The van der Waals surface area contributed by atoms with Gasteiger partial charge in [0, 0.05) is 28.3 Å². The molecule has 0 saturated carbocycles. The number of halogens is 2. The number of amides is 1. The molecule has 0 spiro atoms. The molecule has 0 atom stereocenters. The van der Waals surface area contributed by atoms with Crippen LogP contribution in [0, 0.1) is 10.1 Å². The Morgan fingerprint density at radius 3 is 2.67 bits per heavy atom. The van der Waals surface area contributed by atoms with Crippen molar-refractivity contribution in [2.45, 2.75) is 0 Å². The molecule has 0 aliphatic carbocycles. The summed E-state index contributed by atoms with van der Waals surface area (Å²) in [6, 6.07) is 13.8. The van der Waals surface area contributed by atoms with Gasteiger partial charge in [-0.25, -0.2) is 5.43 Å². The van der Waals surface area contributed by atoms with Gasteiger partial charge < -0.3 is 4.42 Å². The third kappa shape index (κ3) is 4.52. The Balaban J connectivity index is 1.70. The minimum Gasteiger partial charge on any atom is -0.455 e. The lowest BCUT2D eigenvalue weighted by Crippen LogP contribution is -2.17. The van der Waals surface area contributed by atoms with E-state index in [1.165, 1.54) is 30.5 Å². The number of nitrogens with zero attached hydrogens (tertiary/aromatic N) is 2. The van der Waals surface area contributed by atoms with E-state index in [4.69, 9.17) is 27.6 Å². The summed E-state index contributed by atoms with van der Waals surface area (Å²) in [5, 5.41) is 15.2. The number of nitro groups is 1. The van der Waals surface area contributed by atoms with E-state index in [1.807, 2.05) is 0 Å². The fraction of sp³-hybridized carbons (Fsp3) is 0. The number of hydrazone groups is 1. The monoisotopic (exact) mass is 403 g/mol. The molecule has 7 nitrogen and oxygen atoms in total. The SMILES string of the molecule is O=C(N/N=C\c1ccc(-c2ccc([N+](=O)[O-])cc2Cl)o1)c1cccc(Cl)c1. The topological polar surface area (TPSA) is 97.7 Å². The Morgan fingerprint density at radius 1 is 1.15 bits per heavy atom. The van der Waals surface area contributed by atoms with E-state index in [0.717, 1.165) is 0 Å². The van der Waals surface area contributed by atoms with Gasteiger partial charge in [0.15, 0.2) is 0 Å². The highest BCUT2D eigenvalue weighted by molar-refractivity contribution is 6.33. The molecule has 0 aliphatic heterocycles. The molecule has 0 unspecified atom stereocenters. The van der Waals surface area contributed by atoms with Gasteiger partial charge in [0.25, 0.3) is 11.6 Å². The van der Waals surface area contributed by atoms with Crippen LogP contribution in [0.15, 0.2) is 64.1 Å². The zero-order valence-corrected chi connectivity index (χ0v) is 15.1. The van der Waals surface area contributed by atoms with Crippen molar-refractivity contribution >= 4 is 41.0 Å². The maximum Gasteiger partial charge on any atom is 0.271 e. The van der Waals surface area contributed by atoms with Gasteiger partial charge in [0.1, 0.15) is 11.5 Å². The van der Waals surface area contributed by atoms with Gasteiger partial charge >= 0.3 is 0 Å².